The van der Waals surface area contributed by atoms with Crippen molar-refractivity contribution in [2.75, 3.05) is 0 Å². The third kappa shape index (κ3) is 0.967. The van der Waals surface area contributed by atoms with Crippen LogP contribution >= 0.6 is 0 Å². The van der Waals surface area contributed by atoms with Crippen LogP contribution in [-0.4, -0.2) is 14.6 Å². The van der Waals surface area contributed by atoms with E-state index in [1.807, 2.05) is 35.7 Å². The van der Waals surface area contributed by atoms with Crippen molar-refractivity contribution >= 4 is 5.65 Å². The largest absolute Gasteiger partial charge is 0.322 e. The number of nitrogens with zero attached hydrogens (tertiary/aromatic N) is 3. The Morgan fingerprint density at radius 1 is 1.42 bits per heavy atom. The standard InChI is InChI=1S/C8H10N4/c1-6(9)8-11-10-7-4-2-3-5-12(7)8/h2-6H,9H2,1H3/t6-/m0/s1. The Morgan fingerprint density at radius 3 is 3.00 bits per heavy atom. The van der Waals surface area contributed by atoms with Crippen molar-refractivity contribution in [3.63, 3.8) is 0 Å². The Balaban J connectivity index is 2.70. The summed E-state index contributed by atoms with van der Waals surface area (Å²) in [7, 11) is 0. The second-order valence-electron chi connectivity index (χ2n) is 2.78. The minimum atomic E-state index is -0.0811. The Kier molecular flexibility index (Phi) is 1.55. The molecule has 2 aromatic heterocycles. The first-order valence-electron chi connectivity index (χ1n) is 3.84. The van der Waals surface area contributed by atoms with Crippen LogP contribution in [-0.2, 0) is 0 Å². The van der Waals surface area contributed by atoms with E-state index in [0.29, 0.717) is 0 Å². The average Bonchev–Trinajstić information content (AvgIpc) is 2.47. The smallest absolute Gasteiger partial charge is 0.160 e. The summed E-state index contributed by atoms with van der Waals surface area (Å²) in [6.07, 6.45) is 1.91. The van der Waals surface area contributed by atoms with Gasteiger partial charge in [-0.25, -0.2) is 0 Å². The molecule has 0 aromatic carbocycles. The number of fused-ring (bicyclic) bond motifs is 1. The van der Waals surface area contributed by atoms with E-state index >= 15 is 0 Å². The number of rotatable bonds is 1. The SMILES string of the molecule is C[C@H](N)c1nnc2ccccn12. The van der Waals surface area contributed by atoms with Gasteiger partial charge >= 0.3 is 0 Å². The fourth-order valence-corrected chi connectivity index (χ4v) is 1.17. The first kappa shape index (κ1) is 7.24. The molecule has 4 heteroatoms. The molecule has 12 heavy (non-hydrogen) atoms. The highest BCUT2D eigenvalue weighted by Crippen LogP contribution is 2.08. The minimum absolute atomic E-state index is 0.0811. The number of aromatic nitrogens is 3. The zero-order valence-corrected chi connectivity index (χ0v) is 6.81. The summed E-state index contributed by atoms with van der Waals surface area (Å²) in [4.78, 5) is 0. The van der Waals surface area contributed by atoms with Crippen LogP contribution in [0.25, 0.3) is 5.65 Å². The molecule has 0 saturated heterocycles. The first-order chi connectivity index (χ1) is 5.79. The second-order valence-corrected chi connectivity index (χ2v) is 2.78. The number of pyridine rings is 1. The van der Waals surface area contributed by atoms with Gasteiger partial charge in [0.2, 0.25) is 0 Å². The van der Waals surface area contributed by atoms with Gasteiger partial charge in [-0.3, -0.25) is 4.40 Å². The number of hydrogen-bond acceptors (Lipinski definition) is 3. The van der Waals surface area contributed by atoms with Crippen molar-refractivity contribution in [3.05, 3.63) is 30.2 Å². The van der Waals surface area contributed by atoms with Gasteiger partial charge in [0.25, 0.3) is 0 Å². The topological polar surface area (TPSA) is 56.2 Å². The quantitative estimate of drug-likeness (QED) is 0.673. The summed E-state index contributed by atoms with van der Waals surface area (Å²) >= 11 is 0. The van der Waals surface area contributed by atoms with Gasteiger partial charge in [0.1, 0.15) is 0 Å². The molecule has 2 rings (SSSR count). The number of hydrogen-bond donors (Lipinski definition) is 1. The van der Waals surface area contributed by atoms with Gasteiger partial charge in [-0.15, -0.1) is 10.2 Å². The molecule has 62 valence electrons. The van der Waals surface area contributed by atoms with Crippen LogP contribution in [0.2, 0.25) is 0 Å². The predicted molar refractivity (Wildman–Crippen MR) is 45.6 cm³/mol. The molecular weight excluding hydrogens is 152 g/mol. The van der Waals surface area contributed by atoms with Crippen molar-refractivity contribution in [1.82, 2.24) is 14.6 Å². The van der Waals surface area contributed by atoms with E-state index in [1.165, 1.54) is 0 Å². The highest BCUT2D eigenvalue weighted by atomic mass is 15.3. The monoisotopic (exact) mass is 162 g/mol. The Hall–Kier alpha value is -1.42. The van der Waals surface area contributed by atoms with Crippen molar-refractivity contribution in [3.8, 4) is 0 Å². The predicted octanol–water partition coefficient (Wildman–Crippen LogP) is 0.749. The summed E-state index contributed by atoms with van der Waals surface area (Å²) in [5.41, 5.74) is 6.54. The van der Waals surface area contributed by atoms with Gasteiger partial charge < -0.3 is 5.73 Å². The Morgan fingerprint density at radius 2 is 2.25 bits per heavy atom. The summed E-state index contributed by atoms with van der Waals surface area (Å²) < 4.78 is 1.89. The third-order valence-electron chi connectivity index (χ3n) is 1.75. The Labute approximate surface area is 70.0 Å². The molecule has 0 aliphatic carbocycles. The maximum absolute atomic E-state index is 5.70. The number of nitrogens with two attached hydrogens (primary N) is 1. The van der Waals surface area contributed by atoms with Crippen LogP contribution in [0, 0.1) is 0 Å². The van der Waals surface area contributed by atoms with E-state index in [1.54, 1.807) is 0 Å². The zero-order valence-electron chi connectivity index (χ0n) is 6.81. The summed E-state index contributed by atoms with van der Waals surface area (Å²) in [6, 6.07) is 5.68. The van der Waals surface area contributed by atoms with Crippen molar-refractivity contribution in [2.45, 2.75) is 13.0 Å². The van der Waals surface area contributed by atoms with E-state index < -0.39 is 0 Å². The molecule has 0 spiro atoms. The van der Waals surface area contributed by atoms with Crippen LogP contribution < -0.4 is 5.73 Å². The third-order valence-corrected chi connectivity index (χ3v) is 1.75. The molecule has 0 amide bonds. The van der Waals surface area contributed by atoms with E-state index in [-0.39, 0.29) is 6.04 Å². The molecule has 2 aromatic rings. The molecule has 0 aliphatic heterocycles. The molecular formula is C8H10N4. The normalized spacial score (nSPS) is 13.5. The lowest BCUT2D eigenvalue weighted by Gasteiger charge is -2.00. The maximum Gasteiger partial charge on any atom is 0.160 e. The highest BCUT2D eigenvalue weighted by molar-refractivity contribution is 5.37. The molecule has 0 saturated carbocycles. The lowest BCUT2D eigenvalue weighted by atomic mass is 10.3. The molecule has 0 unspecified atom stereocenters. The van der Waals surface area contributed by atoms with Crippen LogP contribution in [0.5, 0.6) is 0 Å². The zero-order chi connectivity index (χ0) is 8.55. The summed E-state index contributed by atoms with van der Waals surface area (Å²) in [5.74, 6) is 0.797. The highest BCUT2D eigenvalue weighted by Gasteiger charge is 2.07. The molecule has 1 atom stereocenters. The lowest BCUT2D eigenvalue weighted by molar-refractivity contribution is 0.726. The molecule has 2 N–H and O–H groups in total. The molecule has 4 nitrogen and oxygen atoms in total. The fourth-order valence-electron chi connectivity index (χ4n) is 1.17. The summed E-state index contributed by atoms with van der Waals surface area (Å²) in [6.45, 7) is 1.89. The van der Waals surface area contributed by atoms with Crippen LogP contribution in [0.15, 0.2) is 24.4 Å². The van der Waals surface area contributed by atoms with Gasteiger partial charge in [-0.1, -0.05) is 6.07 Å². The molecule has 0 radical (unpaired) electrons. The average molecular weight is 162 g/mol. The van der Waals surface area contributed by atoms with E-state index in [2.05, 4.69) is 10.2 Å². The summed E-state index contributed by atoms with van der Waals surface area (Å²) in [5, 5.41) is 7.96. The van der Waals surface area contributed by atoms with Crippen LogP contribution in [0.3, 0.4) is 0 Å². The molecule has 0 fully saturated rings. The maximum atomic E-state index is 5.70. The van der Waals surface area contributed by atoms with Gasteiger partial charge in [0.15, 0.2) is 11.5 Å². The second kappa shape index (κ2) is 2.57. The van der Waals surface area contributed by atoms with Gasteiger partial charge in [0, 0.05) is 6.20 Å². The van der Waals surface area contributed by atoms with E-state index in [0.717, 1.165) is 11.5 Å². The van der Waals surface area contributed by atoms with E-state index in [4.69, 9.17) is 5.73 Å². The molecule has 2 heterocycles. The van der Waals surface area contributed by atoms with Crippen molar-refractivity contribution in [2.24, 2.45) is 5.73 Å². The first-order valence-corrected chi connectivity index (χ1v) is 3.84. The minimum Gasteiger partial charge on any atom is -0.322 e. The molecule has 0 bridgehead atoms. The van der Waals surface area contributed by atoms with Crippen LogP contribution in [0.1, 0.15) is 18.8 Å². The van der Waals surface area contributed by atoms with E-state index in [9.17, 15) is 0 Å². The van der Waals surface area contributed by atoms with Crippen molar-refractivity contribution in [1.29, 1.82) is 0 Å². The van der Waals surface area contributed by atoms with Gasteiger partial charge in [-0.05, 0) is 19.1 Å². The fraction of sp³-hybridized carbons (Fsp3) is 0.250. The Bertz CT molecular complexity index is 391. The van der Waals surface area contributed by atoms with Gasteiger partial charge in [-0.2, -0.15) is 0 Å². The van der Waals surface area contributed by atoms with Gasteiger partial charge in [0.05, 0.1) is 6.04 Å². The van der Waals surface area contributed by atoms with Crippen LogP contribution in [0.4, 0.5) is 0 Å². The van der Waals surface area contributed by atoms with Crippen molar-refractivity contribution < 1.29 is 0 Å². The lowest BCUT2D eigenvalue weighted by Crippen LogP contribution is -2.09. The molecule has 0 aliphatic rings.